The van der Waals surface area contributed by atoms with E-state index in [4.69, 9.17) is 13.9 Å². The highest BCUT2D eigenvalue weighted by Crippen LogP contribution is 2.36. The predicted molar refractivity (Wildman–Crippen MR) is 104 cm³/mol. The largest absolute Gasteiger partial charge is 0.481 e. The van der Waals surface area contributed by atoms with E-state index < -0.39 is 24.7 Å². The Morgan fingerprint density at radius 1 is 1.29 bits per heavy atom. The van der Waals surface area contributed by atoms with Crippen LogP contribution in [0.25, 0.3) is 11.0 Å². The van der Waals surface area contributed by atoms with E-state index in [0.717, 1.165) is 0 Å². The molecule has 0 saturated heterocycles. The molecule has 3 aromatic rings. The lowest BCUT2D eigenvalue weighted by Gasteiger charge is -2.11. The maximum atomic E-state index is 12.8. The molecule has 1 N–H and O–H groups in total. The average Bonchev–Trinajstić information content (AvgIpc) is 3.32. The van der Waals surface area contributed by atoms with Crippen molar-refractivity contribution < 1.29 is 36.7 Å². The summed E-state index contributed by atoms with van der Waals surface area (Å²) >= 11 is 0. The Kier molecular flexibility index (Phi) is 6.23. The van der Waals surface area contributed by atoms with Crippen LogP contribution in [0.4, 0.5) is 18.9 Å². The van der Waals surface area contributed by atoms with Crippen LogP contribution in [0.3, 0.4) is 0 Å². The zero-order valence-corrected chi connectivity index (χ0v) is 17.0. The fraction of sp³-hybridized carbons (Fsp3) is 0.350. The summed E-state index contributed by atoms with van der Waals surface area (Å²) in [4.78, 5) is 29.3. The molecule has 0 aliphatic heterocycles. The molecule has 0 unspecified atom stereocenters. The molecule has 0 saturated carbocycles. The van der Waals surface area contributed by atoms with Crippen LogP contribution >= 0.6 is 0 Å². The number of anilines is 1. The highest BCUT2D eigenvalue weighted by Gasteiger charge is 2.32. The molecule has 8 nitrogen and oxygen atoms in total. The van der Waals surface area contributed by atoms with Crippen molar-refractivity contribution in [3.63, 3.8) is 0 Å². The van der Waals surface area contributed by atoms with E-state index in [1.165, 1.54) is 36.3 Å². The number of fused-ring (bicyclic) bond motifs is 1. The number of amides is 1. The van der Waals surface area contributed by atoms with E-state index in [1.807, 2.05) is 0 Å². The highest BCUT2D eigenvalue weighted by molar-refractivity contribution is 6.06. The number of nitrogens with zero attached hydrogens (tertiary/aromatic N) is 2. The van der Waals surface area contributed by atoms with Gasteiger partial charge in [-0.1, -0.05) is 6.92 Å². The number of hydrogen-bond donors (Lipinski definition) is 1. The quantitative estimate of drug-likeness (QED) is 0.557. The third-order valence-corrected chi connectivity index (χ3v) is 4.41. The number of aromatic nitrogens is 2. The highest BCUT2D eigenvalue weighted by atomic mass is 19.4. The molecule has 3 rings (SSSR count). The molecule has 11 heteroatoms. The Morgan fingerprint density at radius 2 is 2.03 bits per heavy atom. The first-order chi connectivity index (χ1) is 14.7. The van der Waals surface area contributed by atoms with Crippen LogP contribution in [0.15, 0.2) is 29.1 Å². The van der Waals surface area contributed by atoms with Gasteiger partial charge in [-0.2, -0.15) is 13.2 Å². The van der Waals surface area contributed by atoms with Gasteiger partial charge in [-0.05, 0) is 25.5 Å². The Balaban J connectivity index is 2.14. The van der Waals surface area contributed by atoms with E-state index in [2.05, 4.69) is 10.3 Å². The van der Waals surface area contributed by atoms with E-state index in [9.17, 15) is 22.8 Å². The van der Waals surface area contributed by atoms with Gasteiger partial charge in [0.05, 0.1) is 35.2 Å². The molecule has 0 spiro atoms. The lowest BCUT2D eigenvalue weighted by Crippen LogP contribution is -2.20. The van der Waals surface area contributed by atoms with Crippen molar-refractivity contribution >= 4 is 28.6 Å². The minimum Gasteiger partial charge on any atom is -0.481 e. The minimum absolute atomic E-state index is 0.0265. The molecular formula is C20H20F3N3O5. The lowest BCUT2D eigenvalue weighted by atomic mass is 10.2. The van der Waals surface area contributed by atoms with Crippen LogP contribution in [-0.2, 0) is 18.2 Å². The Morgan fingerprint density at radius 3 is 2.61 bits per heavy atom. The second-order valence-corrected chi connectivity index (χ2v) is 6.53. The minimum atomic E-state index is -4.62. The van der Waals surface area contributed by atoms with Gasteiger partial charge in [0.1, 0.15) is 11.9 Å². The van der Waals surface area contributed by atoms with Gasteiger partial charge in [-0.3, -0.25) is 4.79 Å². The van der Waals surface area contributed by atoms with Gasteiger partial charge in [0, 0.05) is 7.05 Å². The van der Waals surface area contributed by atoms with E-state index >= 15 is 0 Å². The smallest absolute Gasteiger partial charge is 0.422 e. The topological polar surface area (TPSA) is 95.6 Å². The molecule has 1 amide bonds. The summed E-state index contributed by atoms with van der Waals surface area (Å²) in [6.07, 6.45) is -1.62. The van der Waals surface area contributed by atoms with Crippen LogP contribution in [0.2, 0.25) is 0 Å². The standard InChI is InChI=1S/C20H20F3N3O5/c1-4-13-14(25-18(27)11-6-7-29-9-11)8-12-16(31-10-20(21,22)23)15(19(28)30-5-2)26(3)17(12)24-13/h6-9H,4-5,10H2,1-3H3,(H,25,27). The second kappa shape index (κ2) is 8.70. The van der Waals surface area contributed by atoms with Crippen molar-refractivity contribution in [2.24, 2.45) is 7.05 Å². The zero-order valence-electron chi connectivity index (χ0n) is 17.0. The molecule has 166 valence electrons. The summed E-state index contributed by atoms with van der Waals surface area (Å²) in [5.74, 6) is -1.65. The molecular weight excluding hydrogens is 419 g/mol. The number of carbonyl (C=O) groups is 2. The van der Waals surface area contributed by atoms with Gasteiger partial charge >= 0.3 is 12.1 Å². The lowest BCUT2D eigenvalue weighted by molar-refractivity contribution is -0.153. The van der Waals surface area contributed by atoms with Crippen LogP contribution in [0.1, 0.15) is 40.4 Å². The number of esters is 1. The summed E-state index contributed by atoms with van der Waals surface area (Å²) in [6.45, 7) is 1.80. The van der Waals surface area contributed by atoms with Crippen LogP contribution in [-0.4, -0.2) is 40.8 Å². The average molecular weight is 439 g/mol. The molecule has 0 aromatic carbocycles. The summed E-state index contributed by atoms with van der Waals surface area (Å²) in [5.41, 5.74) is 1.03. The Labute approximate surface area is 174 Å². The summed E-state index contributed by atoms with van der Waals surface area (Å²) in [7, 11) is 1.48. The summed E-state index contributed by atoms with van der Waals surface area (Å²) in [5, 5.41) is 2.81. The Hall–Kier alpha value is -3.50. The number of nitrogens with one attached hydrogen (secondary N) is 1. The van der Waals surface area contributed by atoms with E-state index in [-0.39, 0.29) is 40.3 Å². The first-order valence-corrected chi connectivity index (χ1v) is 9.38. The van der Waals surface area contributed by atoms with Gasteiger partial charge in [0.15, 0.2) is 18.1 Å². The number of carbonyl (C=O) groups excluding carboxylic acids is 2. The fourth-order valence-electron chi connectivity index (χ4n) is 3.04. The third kappa shape index (κ3) is 4.65. The number of rotatable bonds is 7. The Bertz CT molecular complexity index is 1100. The maximum absolute atomic E-state index is 12.8. The summed E-state index contributed by atoms with van der Waals surface area (Å²) < 4.78 is 54.7. The SMILES string of the molecule is CCOC(=O)c1c(OCC(F)(F)F)c2cc(NC(=O)c3ccoc3)c(CC)nc2n1C. The normalized spacial score (nSPS) is 11.5. The number of pyridine rings is 1. The summed E-state index contributed by atoms with van der Waals surface area (Å²) in [6, 6.07) is 2.90. The van der Waals surface area contributed by atoms with Gasteiger partial charge < -0.3 is 23.8 Å². The van der Waals surface area contributed by atoms with Crippen molar-refractivity contribution in [3.8, 4) is 5.75 Å². The third-order valence-electron chi connectivity index (χ3n) is 4.41. The fourth-order valence-corrected chi connectivity index (χ4v) is 3.04. The van der Waals surface area contributed by atoms with Crippen molar-refractivity contribution in [2.75, 3.05) is 18.5 Å². The molecule has 3 aromatic heterocycles. The van der Waals surface area contributed by atoms with Gasteiger partial charge in [-0.15, -0.1) is 0 Å². The van der Waals surface area contributed by atoms with Crippen molar-refractivity contribution in [3.05, 3.63) is 41.6 Å². The first-order valence-electron chi connectivity index (χ1n) is 9.38. The van der Waals surface area contributed by atoms with Crippen LogP contribution in [0.5, 0.6) is 5.75 Å². The maximum Gasteiger partial charge on any atom is 0.422 e. The molecule has 31 heavy (non-hydrogen) atoms. The van der Waals surface area contributed by atoms with Gasteiger partial charge in [-0.25, -0.2) is 9.78 Å². The number of furan rings is 1. The van der Waals surface area contributed by atoms with Gasteiger partial charge in [0.2, 0.25) is 0 Å². The molecule has 3 heterocycles. The molecule has 0 aliphatic rings. The van der Waals surface area contributed by atoms with E-state index in [0.29, 0.717) is 12.1 Å². The van der Waals surface area contributed by atoms with Crippen LogP contribution in [0, 0.1) is 0 Å². The van der Waals surface area contributed by atoms with Crippen molar-refractivity contribution in [1.82, 2.24) is 9.55 Å². The van der Waals surface area contributed by atoms with Crippen molar-refractivity contribution in [1.29, 1.82) is 0 Å². The van der Waals surface area contributed by atoms with Crippen molar-refractivity contribution in [2.45, 2.75) is 26.4 Å². The van der Waals surface area contributed by atoms with Crippen LogP contribution < -0.4 is 10.1 Å². The number of alkyl halides is 3. The first kappa shape index (κ1) is 22.2. The second-order valence-electron chi connectivity index (χ2n) is 6.53. The number of aryl methyl sites for hydroxylation is 2. The predicted octanol–water partition coefficient (Wildman–Crippen LogP) is 4.10. The number of ether oxygens (including phenoxy) is 2. The molecule has 0 fully saturated rings. The van der Waals surface area contributed by atoms with Gasteiger partial charge in [0.25, 0.3) is 5.91 Å². The van der Waals surface area contributed by atoms with E-state index in [1.54, 1.807) is 13.8 Å². The molecule has 0 aliphatic carbocycles. The molecule has 0 radical (unpaired) electrons. The molecule has 0 bridgehead atoms. The molecule has 0 atom stereocenters. The zero-order chi connectivity index (χ0) is 22.8. The number of hydrogen-bond acceptors (Lipinski definition) is 6. The monoisotopic (exact) mass is 439 g/mol. The number of halogens is 3.